The van der Waals surface area contributed by atoms with E-state index in [0.717, 1.165) is 18.5 Å². The molecule has 0 spiro atoms. The van der Waals surface area contributed by atoms with Crippen molar-refractivity contribution < 1.29 is 14.3 Å². The Morgan fingerprint density at radius 2 is 2.13 bits per heavy atom. The molecule has 2 aliphatic rings. The Balaban J connectivity index is 1.69. The molecule has 1 atom stereocenters. The second-order valence-corrected chi connectivity index (χ2v) is 6.72. The van der Waals surface area contributed by atoms with Crippen LogP contribution in [0.4, 0.5) is 5.69 Å². The molecule has 1 aromatic carbocycles. The molecule has 0 radical (unpaired) electrons. The summed E-state index contributed by atoms with van der Waals surface area (Å²) in [5, 5.41) is 0.594. The third-order valence-corrected chi connectivity index (χ3v) is 4.78. The number of rotatable bonds is 2. The number of amides is 2. The van der Waals surface area contributed by atoms with Crippen molar-refractivity contribution in [3.05, 3.63) is 29.3 Å². The van der Waals surface area contributed by atoms with Crippen LogP contribution in [0.25, 0.3) is 0 Å². The molecule has 2 saturated heterocycles. The molecule has 3 rings (SSSR count). The molecule has 6 heteroatoms. The molecule has 0 saturated carbocycles. The van der Waals surface area contributed by atoms with Gasteiger partial charge in [-0.15, -0.1) is 0 Å². The van der Waals surface area contributed by atoms with Gasteiger partial charge in [0, 0.05) is 30.4 Å². The zero-order valence-electron chi connectivity index (χ0n) is 13.3. The van der Waals surface area contributed by atoms with Crippen molar-refractivity contribution in [2.45, 2.75) is 31.8 Å². The molecule has 124 valence electrons. The summed E-state index contributed by atoms with van der Waals surface area (Å²) in [4.78, 5) is 28.5. The fraction of sp³-hybridized carbons (Fsp3) is 0.529. The maximum Gasteiger partial charge on any atom is 0.255 e. The van der Waals surface area contributed by atoms with E-state index in [4.69, 9.17) is 16.3 Å². The summed E-state index contributed by atoms with van der Waals surface area (Å²) in [6.45, 7) is 3.52. The normalized spacial score (nSPS) is 25.6. The number of piperazine rings is 1. The summed E-state index contributed by atoms with van der Waals surface area (Å²) in [6.07, 6.45) is 2.69. The molecule has 0 aliphatic carbocycles. The Morgan fingerprint density at radius 1 is 1.30 bits per heavy atom. The number of carbonyl (C=O) groups is 2. The molecule has 2 heterocycles. The molecule has 5 nitrogen and oxygen atoms in total. The van der Waals surface area contributed by atoms with Crippen LogP contribution in [0.2, 0.25) is 5.02 Å². The van der Waals surface area contributed by atoms with Gasteiger partial charge < -0.3 is 14.5 Å². The average molecular weight is 337 g/mol. The number of nitrogens with zero attached hydrogens (tertiary/aromatic N) is 2. The van der Waals surface area contributed by atoms with Crippen molar-refractivity contribution >= 4 is 29.1 Å². The highest BCUT2D eigenvalue weighted by atomic mass is 35.5. The second kappa shape index (κ2) is 6.49. The van der Waals surface area contributed by atoms with E-state index in [0.29, 0.717) is 31.1 Å². The van der Waals surface area contributed by atoms with Crippen LogP contribution >= 0.6 is 11.6 Å². The highest BCUT2D eigenvalue weighted by Gasteiger charge is 2.41. The molecule has 0 aromatic heterocycles. The Morgan fingerprint density at radius 3 is 2.78 bits per heavy atom. The molecule has 2 aliphatic heterocycles. The number of hydrogen-bond donors (Lipinski definition) is 0. The number of hydrogen-bond acceptors (Lipinski definition) is 3. The summed E-state index contributed by atoms with van der Waals surface area (Å²) in [7, 11) is 0. The quantitative estimate of drug-likeness (QED) is 0.833. The number of anilines is 1. The maximum absolute atomic E-state index is 12.7. The molecular weight excluding hydrogens is 316 g/mol. The van der Waals surface area contributed by atoms with Gasteiger partial charge in [0.1, 0.15) is 12.1 Å². The molecule has 0 unspecified atom stereocenters. The first-order valence-electron chi connectivity index (χ1n) is 7.99. The average Bonchev–Trinajstić information content (AvgIpc) is 2.54. The first-order chi connectivity index (χ1) is 11.0. The van der Waals surface area contributed by atoms with Gasteiger partial charge in [-0.3, -0.25) is 9.59 Å². The van der Waals surface area contributed by atoms with Crippen LogP contribution in [-0.2, 0) is 14.3 Å². The van der Waals surface area contributed by atoms with Crippen LogP contribution in [0.15, 0.2) is 24.3 Å². The minimum absolute atomic E-state index is 0.0729. The van der Waals surface area contributed by atoms with Gasteiger partial charge in [0.25, 0.3) is 5.91 Å². The Hall–Kier alpha value is -1.59. The van der Waals surface area contributed by atoms with E-state index in [9.17, 15) is 9.59 Å². The largest absolute Gasteiger partial charge is 0.365 e. The van der Waals surface area contributed by atoms with Gasteiger partial charge in [0.2, 0.25) is 5.91 Å². The molecule has 0 bridgehead atoms. The van der Waals surface area contributed by atoms with E-state index in [1.54, 1.807) is 21.9 Å². The summed E-state index contributed by atoms with van der Waals surface area (Å²) in [5.74, 6) is -0.164. The van der Waals surface area contributed by atoms with Crippen LogP contribution < -0.4 is 4.90 Å². The monoisotopic (exact) mass is 336 g/mol. The maximum atomic E-state index is 12.7. The predicted molar refractivity (Wildman–Crippen MR) is 88.6 cm³/mol. The first-order valence-corrected chi connectivity index (χ1v) is 8.37. The highest BCUT2D eigenvalue weighted by molar-refractivity contribution is 6.30. The molecule has 1 aromatic rings. The van der Waals surface area contributed by atoms with Crippen LogP contribution in [-0.4, -0.2) is 48.6 Å². The van der Waals surface area contributed by atoms with Crippen molar-refractivity contribution in [2.24, 2.45) is 0 Å². The van der Waals surface area contributed by atoms with Crippen molar-refractivity contribution in [1.29, 1.82) is 0 Å². The van der Waals surface area contributed by atoms with Gasteiger partial charge in [-0.25, -0.2) is 0 Å². The van der Waals surface area contributed by atoms with Crippen molar-refractivity contribution in [3.8, 4) is 0 Å². The van der Waals surface area contributed by atoms with Gasteiger partial charge in [-0.1, -0.05) is 17.7 Å². The predicted octanol–water partition coefficient (Wildman–Crippen LogP) is 2.47. The van der Waals surface area contributed by atoms with Crippen molar-refractivity contribution in [1.82, 2.24) is 4.90 Å². The zero-order valence-corrected chi connectivity index (χ0v) is 14.0. The fourth-order valence-electron chi connectivity index (χ4n) is 3.20. The molecule has 23 heavy (non-hydrogen) atoms. The topological polar surface area (TPSA) is 49.9 Å². The van der Waals surface area contributed by atoms with Gasteiger partial charge in [0.15, 0.2) is 0 Å². The number of ether oxygens (including phenoxy) is 1. The molecule has 0 N–H and O–H groups in total. The lowest BCUT2D eigenvalue weighted by atomic mass is 9.94. The summed E-state index contributed by atoms with van der Waals surface area (Å²) in [5.41, 5.74) is -0.00810. The van der Waals surface area contributed by atoms with Crippen molar-refractivity contribution in [2.75, 3.05) is 31.1 Å². The van der Waals surface area contributed by atoms with Gasteiger partial charge in [0.05, 0.1) is 0 Å². The SMILES string of the molecule is C[C@@]1(C(=O)N2CCN(c3cccc(Cl)c3)C(=O)C2)CCCCO1. The summed E-state index contributed by atoms with van der Waals surface area (Å²) >= 11 is 5.99. The minimum Gasteiger partial charge on any atom is -0.365 e. The van der Waals surface area contributed by atoms with Gasteiger partial charge >= 0.3 is 0 Å². The van der Waals surface area contributed by atoms with E-state index in [1.807, 2.05) is 19.1 Å². The van der Waals surface area contributed by atoms with E-state index < -0.39 is 5.60 Å². The zero-order chi connectivity index (χ0) is 16.4. The molecule has 2 fully saturated rings. The minimum atomic E-state index is -0.781. The Kier molecular flexibility index (Phi) is 4.60. The lowest BCUT2D eigenvalue weighted by Crippen LogP contribution is -2.58. The smallest absolute Gasteiger partial charge is 0.255 e. The Bertz CT molecular complexity index is 614. The van der Waals surface area contributed by atoms with Crippen molar-refractivity contribution in [3.63, 3.8) is 0 Å². The number of halogens is 1. The highest BCUT2D eigenvalue weighted by Crippen LogP contribution is 2.28. The first kappa shape index (κ1) is 16.3. The van der Waals surface area contributed by atoms with Crippen LogP contribution in [0.5, 0.6) is 0 Å². The standard InChI is InChI=1S/C17H21ClN2O3/c1-17(7-2-3-10-23-17)16(22)19-8-9-20(15(21)12-19)14-6-4-5-13(18)11-14/h4-6,11H,2-3,7-10,12H2,1H3/t17-/m0/s1. The van der Waals surface area contributed by atoms with Crippen LogP contribution in [0.1, 0.15) is 26.2 Å². The van der Waals surface area contributed by atoms with Crippen LogP contribution in [0.3, 0.4) is 0 Å². The number of benzene rings is 1. The van der Waals surface area contributed by atoms with E-state index >= 15 is 0 Å². The lowest BCUT2D eigenvalue weighted by Gasteiger charge is -2.40. The summed E-state index contributed by atoms with van der Waals surface area (Å²) in [6, 6.07) is 7.21. The Labute approximate surface area is 141 Å². The molecular formula is C17H21ClN2O3. The van der Waals surface area contributed by atoms with Crippen LogP contribution in [0, 0.1) is 0 Å². The van der Waals surface area contributed by atoms with E-state index in [2.05, 4.69) is 0 Å². The number of carbonyl (C=O) groups excluding carboxylic acids is 2. The van der Waals surface area contributed by atoms with E-state index in [-0.39, 0.29) is 18.4 Å². The molecule has 2 amide bonds. The van der Waals surface area contributed by atoms with Gasteiger partial charge in [-0.05, 0) is 44.4 Å². The fourth-order valence-corrected chi connectivity index (χ4v) is 3.39. The third-order valence-electron chi connectivity index (χ3n) is 4.55. The summed E-state index contributed by atoms with van der Waals surface area (Å²) < 4.78 is 5.71. The van der Waals surface area contributed by atoms with E-state index in [1.165, 1.54) is 0 Å². The third kappa shape index (κ3) is 3.35. The van der Waals surface area contributed by atoms with Gasteiger partial charge in [-0.2, -0.15) is 0 Å². The second-order valence-electron chi connectivity index (χ2n) is 6.29. The lowest BCUT2D eigenvalue weighted by molar-refractivity contribution is -0.163.